The normalized spacial score (nSPS) is 14.4. The quantitative estimate of drug-likeness (QED) is 0.896. The highest BCUT2D eigenvalue weighted by Gasteiger charge is 2.23. The van der Waals surface area contributed by atoms with E-state index in [0.29, 0.717) is 19.7 Å². The van der Waals surface area contributed by atoms with Gasteiger partial charge in [-0.3, -0.25) is 10.00 Å². The third kappa shape index (κ3) is 2.45. The zero-order chi connectivity index (χ0) is 13.9. The number of cyclic esters (lactones) is 1. The van der Waals surface area contributed by atoms with Gasteiger partial charge in [0.2, 0.25) is 0 Å². The second-order valence-corrected chi connectivity index (χ2v) is 4.69. The van der Waals surface area contributed by atoms with Crippen molar-refractivity contribution in [2.45, 2.75) is 13.5 Å². The number of ether oxygens (including phenoxy) is 1. The van der Waals surface area contributed by atoms with Gasteiger partial charge in [0, 0.05) is 29.2 Å². The monoisotopic (exact) mass is 272 g/mol. The molecule has 2 heterocycles. The molecule has 1 amide bonds. The van der Waals surface area contributed by atoms with E-state index < -0.39 is 0 Å². The van der Waals surface area contributed by atoms with E-state index in [9.17, 15) is 4.79 Å². The van der Waals surface area contributed by atoms with Crippen molar-refractivity contribution in [1.29, 1.82) is 0 Å². The molecule has 0 atom stereocenters. The molecule has 1 aromatic heterocycles. The van der Waals surface area contributed by atoms with E-state index in [2.05, 4.69) is 15.5 Å². The molecule has 1 aliphatic rings. The van der Waals surface area contributed by atoms with Crippen molar-refractivity contribution in [1.82, 2.24) is 10.2 Å². The molecule has 0 bridgehead atoms. The van der Waals surface area contributed by atoms with Crippen LogP contribution in [0.25, 0.3) is 0 Å². The van der Waals surface area contributed by atoms with Gasteiger partial charge in [-0.25, -0.2) is 4.79 Å². The van der Waals surface area contributed by atoms with Crippen molar-refractivity contribution in [2.75, 3.05) is 23.4 Å². The lowest BCUT2D eigenvalue weighted by Gasteiger charge is -2.14. The molecule has 0 radical (unpaired) electrons. The van der Waals surface area contributed by atoms with Crippen molar-refractivity contribution < 1.29 is 9.53 Å². The van der Waals surface area contributed by atoms with Crippen molar-refractivity contribution in [3.63, 3.8) is 0 Å². The smallest absolute Gasteiger partial charge is 0.414 e. The summed E-state index contributed by atoms with van der Waals surface area (Å²) in [7, 11) is 0. The van der Waals surface area contributed by atoms with Crippen molar-refractivity contribution in [3.05, 3.63) is 41.7 Å². The molecule has 0 saturated carbocycles. The van der Waals surface area contributed by atoms with Gasteiger partial charge in [-0.05, 0) is 25.1 Å². The Hall–Kier alpha value is -2.50. The first-order valence-electron chi connectivity index (χ1n) is 6.51. The van der Waals surface area contributed by atoms with Gasteiger partial charge in [0.15, 0.2) is 0 Å². The van der Waals surface area contributed by atoms with Crippen LogP contribution < -0.4 is 10.2 Å². The number of carbonyl (C=O) groups is 1. The van der Waals surface area contributed by atoms with Crippen molar-refractivity contribution in [2.24, 2.45) is 0 Å². The van der Waals surface area contributed by atoms with Crippen molar-refractivity contribution >= 4 is 17.5 Å². The minimum absolute atomic E-state index is 0.284. The van der Waals surface area contributed by atoms with Crippen LogP contribution in [-0.2, 0) is 11.3 Å². The first-order valence-corrected chi connectivity index (χ1v) is 6.51. The van der Waals surface area contributed by atoms with Gasteiger partial charge in [0.1, 0.15) is 6.61 Å². The fourth-order valence-electron chi connectivity index (χ4n) is 2.16. The lowest BCUT2D eigenvalue weighted by molar-refractivity contribution is 0.181. The number of aromatic nitrogens is 2. The van der Waals surface area contributed by atoms with Gasteiger partial charge in [-0.1, -0.05) is 6.07 Å². The number of anilines is 2. The third-order valence-electron chi connectivity index (χ3n) is 3.34. The van der Waals surface area contributed by atoms with Gasteiger partial charge in [0.05, 0.1) is 12.7 Å². The molecule has 2 aromatic rings. The number of amides is 1. The molecule has 0 unspecified atom stereocenters. The lowest BCUT2D eigenvalue weighted by Crippen LogP contribution is -2.23. The summed E-state index contributed by atoms with van der Waals surface area (Å²) >= 11 is 0. The molecular weight excluding hydrogens is 256 g/mol. The first-order chi connectivity index (χ1) is 9.74. The molecule has 6 nitrogen and oxygen atoms in total. The van der Waals surface area contributed by atoms with Gasteiger partial charge >= 0.3 is 6.09 Å². The number of nitrogens with one attached hydrogen (secondary N) is 2. The molecule has 1 saturated heterocycles. The number of nitrogens with zero attached hydrogens (tertiary/aromatic N) is 2. The van der Waals surface area contributed by atoms with Crippen LogP contribution in [0, 0.1) is 6.92 Å². The zero-order valence-corrected chi connectivity index (χ0v) is 11.2. The van der Waals surface area contributed by atoms with Gasteiger partial charge in [-0.2, -0.15) is 5.10 Å². The number of aromatic amines is 1. The highest BCUT2D eigenvalue weighted by atomic mass is 16.6. The second-order valence-electron chi connectivity index (χ2n) is 4.69. The van der Waals surface area contributed by atoms with E-state index in [-0.39, 0.29) is 6.09 Å². The van der Waals surface area contributed by atoms with Gasteiger partial charge < -0.3 is 10.1 Å². The van der Waals surface area contributed by atoms with Crippen LogP contribution in [0.3, 0.4) is 0 Å². The van der Waals surface area contributed by atoms with E-state index in [4.69, 9.17) is 4.74 Å². The van der Waals surface area contributed by atoms with Gasteiger partial charge in [0.25, 0.3) is 0 Å². The number of hydrogen-bond acceptors (Lipinski definition) is 4. The third-order valence-corrected chi connectivity index (χ3v) is 3.34. The maximum Gasteiger partial charge on any atom is 0.414 e. The molecule has 0 spiro atoms. The number of rotatable bonds is 4. The number of H-pyrrole nitrogens is 1. The summed E-state index contributed by atoms with van der Waals surface area (Å²) in [6, 6.07) is 7.74. The Morgan fingerprint density at radius 1 is 1.50 bits per heavy atom. The number of carbonyl (C=O) groups excluding carboxylic acids is 1. The van der Waals surface area contributed by atoms with E-state index in [1.54, 1.807) is 4.90 Å². The maximum atomic E-state index is 11.5. The van der Waals surface area contributed by atoms with Crippen LogP contribution in [0.2, 0.25) is 0 Å². The fraction of sp³-hybridized carbons (Fsp3) is 0.286. The summed E-state index contributed by atoms with van der Waals surface area (Å²) in [6.45, 7) is 3.73. The Morgan fingerprint density at radius 3 is 3.10 bits per heavy atom. The molecule has 2 N–H and O–H groups in total. The van der Waals surface area contributed by atoms with E-state index >= 15 is 0 Å². The molecule has 20 heavy (non-hydrogen) atoms. The average molecular weight is 272 g/mol. The summed E-state index contributed by atoms with van der Waals surface area (Å²) in [5.74, 6) is 0. The molecule has 1 aromatic carbocycles. The summed E-state index contributed by atoms with van der Waals surface area (Å²) in [6.07, 6.45) is 1.53. The summed E-state index contributed by atoms with van der Waals surface area (Å²) in [4.78, 5) is 13.2. The van der Waals surface area contributed by atoms with Crippen LogP contribution in [0.5, 0.6) is 0 Å². The predicted octanol–water partition coefficient (Wildman–Crippen LogP) is 2.29. The SMILES string of the molecule is Cc1[nH]ncc1CNc1cccc(N2CCOC2=O)c1. The van der Waals surface area contributed by atoms with E-state index in [1.165, 1.54) is 0 Å². The van der Waals surface area contributed by atoms with Crippen LogP contribution in [0.4, 0.5) is 16.2 Å². The Bertz CT molecular complexity index is 623. The standard InChI is InChI=1S/C14H16N4O2/c1-10-11(9-16-17-10)8-15-12-3-2-4-13(7-12)18-5-6-20-14(18)19/h2-4,7,9,15H,5-6,8H2,1H3,(H,16,17). The Kier molecular flexibility index (Phi) is 3.28. The molecule has 3 rings (SSSR count). The zero-order valence-electron chi connectivity index (χ0n) is 11.2. The molecule has 1 fully saturated rings. The topological polar surface area (TPSA) is 70.2 Å². The number of aryl methyl sites for hydroxylation is 1. The molecule has 104 valence electrons. The van der Waals surface area contributed by atoms with Crippen LogP contribution in [0.15, 0.2) is 30.5 Å². The average Bonchev–Trinajstić information content (AvgIpc) is 3.05. The molecule has 6 heteroatoms. The first kappa shape index (κ1) is 12.5. The maximum absolute atomic E-state index is 11.5. The fourth-order valence-corrected chi connectivity index (χ4v) is 2.16. The highest BCUT2D eigenvalue weighted by molar-refractivity contribution is 5.89. The predicted molar refractivity (Wildman–Crippen MR) is 75.8 cm³/mol. The van der Waals surface area contributed by atoms with Crippen LogP contribution in [0.1, 0.15) is 11.3 Å². The lowest BCUT2D eigenvalue weighted by atomic mass is 10.2. The van der Waals surface area contributed by atoms with Gasteiger partial charge in [-0.15, -0.1) is 0 Å². The van der Waals surface area contributed by atoms with Crippen LogP contribution in [-0.4, -0.2) is 29.4 Å². The molecule has 0 aliphatic carbocycles. The van der Waals surface area contributed by atoms with E-state index in [1.807, 2.05) is 37.4 Å². The number of hydrogen-bond donors (Lipinski definition) is 2. The Morgan fingerprint density at radius 2 is 2.40 bits per heavy atom. The summed E-state index contributed by atoms with van der Waals surface area (Å²) in [5.41, 5.74) is 3.98. The summed E-state index contributed by atoms with van der Waals surface area (Å²) in [5, 5.41) is 10.2. The highest BCUT2D eigenvalue weighted by Crippen LogP contribution is 2.22. The minimum atomic E-state index is -0.284. The van der Waals surface area contributed by atoms with Crippen molar-refractivity contribution in [3.8, 4) is 0 Å². The number of benzene rings is 1. The Balaban J connectivity index is 1.71. The molecular formula is C14H16N4O2. The van der Waals surface area contributed by atoms with E-state index in [0.717, 1.165) is 22.6 Å². The minimum Gasteiger partial charge on any atom is -0.447 e. The Labute approximate surface area is 116 Å². The van der Waals surface area contributed by atoms with Crippen LogP contribution >= 0.6 is 0 Å². The molecule has 1 aliphatic heterocycles. The summed E-state index contributed by atoms with van der Waals surface area (Å²) < 4.78 is 4.95. The largest absolute Gasteiger partial charge is 0.447 e. The second kappa shape index (κ2) is 5.24.